The van der Waals surface area contributed by atoms with Crippen molar-refractivity contribution >= 4 is 15.7 Å². The zero-order valence-electron chi connectivity index (χ0n) is 14.4. The second-order valence-corrected chi connectivity index (χ2v) is 9.29. The van der Waals surface area contributed by atoms with Crippen molar-refractivity contribution in [1.82, 2.24) is 25.2 Å². The summed E-state index contributed by atoms with van der Waals surface area (Å²) in [6.45, 7) is 3.68. The molecule has 2 aromatic rings. The van der Waals surface area contributed by atoms with Gasteiger partial charge in [0.05, 0.1) is 28.6 Å². The lowest BCUT2D eigenvalue weighted by molar-refractivity contribution is 0.0930. The molecule has 26 heavy (non-hydrogen) atoms. The van der Waals surface area contributed by atoms with Crippen LogP contribution in [0.1, 0.15) is 21.7 Å². The smallest absolute Gasteiger partial charge is 0.253 e. The number of aromatic amines is 1. The number of nitrogens with zero attached hydrogens (tertiary/aromatic N) is 3. The number of fused-ring (bicyclic) bond motifs is 1. The minimum Gasteiger partial charge on any atom is -0.348 e. The lowest BCUT2D eigenvalue weighted by atomic mass is 10.0. The first-order valence-corrected chi connectivity index (χ1v) is 10.3. The fourth-order valence-electron chi connectivity index (χ4n) is 3.93. The summed E-state index contributed by atoms with van der Waals surface area (Å²) in [6.07, 6.45) is 4.73. The predicted octanol–water partition coefficient (Wildman–Crippen LogP) is 0.141. The number of nitrogens with one attached hydrogen (secondary N) is 2. The summed E-state index contributed by atoms with van der Waals surface area (Å²) in [5.74, 6) is -0.371. The highest BCUT2D eigenvalue weighted by atomic mass is 32.2. The van der Waals surface area contributed by atoms with Gasteiger partial charge in [0.15, 0.2) is 9.84 Å². The van der Waals surface area contributed by atoms with Gasteiger partial charge in [0.1, 0.15) is 0 Å². The minimum absolute atomic E-state index is 0.00358. The molecule has 0 spiro atoms. The van der Waals surface area contributed by atoms with Gasteiger partial charge >= 0.3 is 0 Å². The van der Waals surface area contributed by atoms with Crippen molar-refractivity contribution in [1.29, 1.82) is 0 Å². The lowest BCUT2D eigenvalue weighted by Crippen LogP contribution is -2.42. The number of pyridine rings is 1. The summed E-state index contributed by atoms with van der Waals surface area (Å²) in [6, 6.07) is 2.99. The number of aromatic nitrogens is 3. The van der Waals surface area contributed by atoms with E-state index in [2.05, 4.69) is 25.2 Å². The van der Waals surface area contributed by atoms with Gasteiger partial charge in [-0.2, -0.15) is 0 Å². The highest BCUT2D eigenvalue weighted by Gasteiger charge is 2.52. The lowest BCUT2D eigenvalue weighted by Gasteiger charge is -2.20. The van der Waals surface area contributed by atoms with Gasteiger partial charge in [0, 0.05) is 49.7 Å². The molecule has 4 rings (SSSR count). The molecule has 0 aliphatic carbocycles. The Bertz CT molecular complexity index is 911. The van der Waals surface area contributed by atoms with Gasteiger partial charge in [-0.15, -0.1) is 0 Å². The molecule has 0 unspecified atom stereocenters. The van der Waals surface area contributed by atoms with E-state index in [1.807, 2.05) is 6.92 Å². The molecule has 2 saturated heterocycles. The van der Waals surface area contributed by atoms with Gasteiger partial charge in [-0.05, 0) is 19.1 Å². The maximum Gasteiger partial charge on any atom is 0.253 e. The van der Waals surface area contributed by atoms with Gasteiger partial charge in [0.25, 0.3) is 5.91 Å². The van der Waals surface area contributed by atoms with Gasteiger partial charge in [0.2, 0.25) is 0 Å². The van der Waals surface area contributed by atoms with E-state index in [0.717, 1.165) is 11.4 Å². The molecule has 0 aromatic carbocycles. The fraction of sp³-hybridized carbons (Fsp3) is 0.471. The molecule has 4 heterocycles. The Balaban J connectivity index is 1.48. The maximum absolute atomic E-state index is 12.6. The number of rotatable bonds is 4. The molecular weight excluding hydrogens is 354 g/mol. The van der Waals surface area contributed by atoms with Crippen LogP contribution in [-0.2, 0) is 16.4 Å². The SMILES string of the molecule is Cc1[nH]cnc1CN1C[C@H]2[C@H](NC(=O)c3cccnc3)CS(=O)(=O)[C@H]2C1. The average Bonchev–Trinajstić information content (AvgIpc) is 3.27. The third-order valence-corrected chi connectivity index (χ3v) is 7.57. The Hall–Kier alpha value is -2.26. The molecule has 2 aliphatic heterocycles. The molecular formula is C17H21N5O3S. The number of likely N-dealkylation sites (tertiary alicyclic amines) is 1. The van der Waals surface area contributed by atoms with Gasteiger partial charge in [-0.3, -0.25) is 14.7 Å². The van der Waals surface area contributed by atoms with E-state index in [0.29, 0.717) is 25.2 Å². The Morgan fingerprint density at radius 2 is 2.27 bits per heavy atom. The van der Waals surface area contributed by atoms with Crippen molar-refractivity contribution < 1.29 is 13.2 Å². The van der Waals surface area contributed by atoms with Crippen LogP contribution in [0.25, 0.3) is 0 Å². The predicted molar refractivity (Wildman–Crippen MR) is 95.2 cm³/mol. The summed E-state index contributed by atoms with van der Waals surface area (Å²) in [5.41, 5.74) is 2.36. The Labute approximate surface area is 152 Å². The number of carbonyl (C=O) groups excluding carboxylic acids is 1. The van der Waals surface area contributed by atoms with Crippen molar-refractivity contribution in [2.24, 2.45) is 5.92 Å². The Morgan fingerprint density at radius 3 is 2.96 bits per heavy atom. The fourth-order valence-corrected chi connectivity index (χ4v) is 6.25. The van der Waals surface area contributed by atoms with Crippen molar-refractivity contribution in [3.63, 3.8) is 0 Å². The topological polar surface area (TPSA) is 108 Å². The molecule has 138 valence electrons. The van der Waals surface area contributed by atoms with E-state index in [1.54, 1.807) is 24.7 Å². The number of aryl methyl sites for hydroxylation is 1. The number of hydrogen-bond donors (Lipinski definition) is 2. The van der Waals surface area contributed by atoms with Crippen LogP contribution in [0.3, 0.4) is 0 Å². The molecule has 2 fully saturated rings. The third kappa shape index (κ3) is 3.12. The Morgan fingerprint density at radius 1 is 1.42 bits per heavy atom. The van der Waals surface area contributed by atoms with E-state index in [4.69, 9.17) is 0 Å². The highest BCUT2D eigenvalue weighted by molar-refractivity contribution is 7.92. The van der Waals surface area contributed by atoms with Crippen molar-refractivity contribution in [3.8, 4) is 0 Å². The summed E-state index contributed by atoms with van der Waals surface area (Å²) >= 11 is 0. The van der Waals surface area contributed by atoms with Crippen LogP contribution in [0.15, 0.2) is 30.9 Å². The van der Waals surface area contributed by atoms with Crippen LogP contribution < -0.4 is 5.32 Å². The number of hydrogen-bond acceptors (Lipinski definition) is 6. The van der Waals surface area contributed by atoms with Gasteiger partial charge in [-0.25, -0.2) is 13.4 Å². The van der Waals surface area contributed by atoms with Gasteiger partial charge < -0.3 is 10.3 Å². The summed E-state index contributed by atoms with van der Waals surface area (Å²) < 4.78 is 25.1. The summed E-state index contributed by atoms with van der Waals surface area (Å²) in [5, 5.41) is 2.48. The molecule has 9 heteroatoms. The number of H-pyrrole nitrogens is 1. The van der Waals surface area contributed by atoms with Crippen LogP contribution in [0.2, 0.25) is 0 Å². The van der Waals surface area contributed by atoms with E-state index >= 15 is 0 Å². The summed E-state index contributed by atoms with van der Waals surface area (Å²) in [4.78, 5) is 25.8. The number of imidazole rings is 1. The number of amides is 1. The largest absolute Gasteiger partial charge is 0.348 e. The molecule has 0 saturated carbocycles. The summed E-state index contributed by atoms with van der Waals surface area (Å²) in [7, 11) is -3.22. The number of carbonyl (C=O) groups is 1. The zero-order chi connectivity index (χ0) is 18.3. The standard InChI is InChI=1S/C17H21N5O3S/c1-11-14(20-10-19-11)7-22-6-13-15(9-26(24,25)16(13)8-22)21-17(23)12-3-2-4-18-5-12/h2-5,10,13,15-16H,6-9H2,1H3,(H,19,20)(H,21,23)/t13-,15+,16-/m0/s1. The van der Waals surface area contributed by atoms with Crippen LogP contribution in [0.5, 0.6) is 0 Å². The molecule has 0 bridgehead atoms. The minimum atomic E-state index is -3.22. The molecule has 2 N–H and O–H groups in total. The maximum atomic E-state index is 12.6. The van der Waals surface area contributed by atoms with Crippen LogP contribution >= 0.6 is 0 Å². The Kier molecular flexibility index (Phi) is 4.28. The third-order valence-electron chi connectivity index (χ3n) is 5.32. The first kappa shape index (κ1) is 17.2. The van der Waals surface area contributed by atoms with Crippen molar-refractivity contribution in [2.75, 3.05) is 18.8 Å². The van der Waals surface area contributed by atoms with E-state index in [1.165, 1.54) is 6.20 Å². The van der Waals surface area contributed by atoms with Crippen LogP contribution in [0, 0.1) is 12.8 Å². The first-order chi connectivity index (χ1) is 12.4. The molecule has 1 amide bonds. The second kappa shape index (κ2) is 6.48. The normalized spacial score (nSPS) is 27.3. The monoisotopic (exact) mass is 375 g/mol. The van der Waals surface area contributed by atoms with E-state index in [9.17, 15) is 13.2 Å². The first-order valence-electron chi connectivity index (χ1n) is 8.58. The van der Waals surface area contributed by atoms with E-state index in [-0.39, 0.29) is 23.6 Å². The zero-order valence-corrected chi connectivity index (χ0v) is 15.2. The van der Waals surface area contributed by atoms with Crippen LogP contribution in [-0.4, -0.2) is 64.3 Å². The van der Waals surface area contributed by atoms with Gasteiger partial charge in [-0.1, -0.05) is 0 Å². The van der Waals surface area contributed by atoms with Crippen molar-refractivity contribution in [2.45, 2.75) is 24.8 Å². The van der Waals surface area contributed by atoms with E-state index < -0.39 is 15.1 Å². The highest BCUT2D eigenvalue weighted by Crippen LogP contribution is 2.34. The second-order valence-electron chi connectivity index (χ2n) is 7.02. The quantitative estimate of drug-likeness (QED) is 0.787. The molecule has 2 aliphatic rings. The van der Waals surface area contributed by atoms with Crippen molar-refractivity contribution in [3.05, 3.63) is 47.8 Å². The van der Waals surface area contributed by atoms with Crippen LogP contribution in [0.4, 0.5) is 0 Å². The molecule has 3 atom stereocenters. The molecule has 2 aromatic heterocycles. The molecule has 0 radical (unpaired) electrons. The molecule has 8 nitrogen and oxygen atoms in total. The average molecular weight is 375 g/mol. The number of sulfone groups is 1.